The minimum absolute atomic E-state index is 0.215. The van der Waals surface area contributed by atoms with E-state index in [1.165, 1.54) is 0 Å². The van der Waals surface area contributed by atoms with Gasteiger partial charge in [-0.3, -0.25) is 4.79 Å². The highest BCUT2D eigenvalue weighted by Gasteiger charge is 2.25. The maximum Gasteiger partial charge on any atom is 0.222 e. The molecule has 2 rings (SSSR count). The number of nitrogen functional groups attached to an aromatic ring is 1. The number of nitrogens with zero attached hydrogens (tertiary/aromatic N) is 3. The summed E-state index contributed by atoms with van der Waals surface area (Å²) in [6.07, 6.45) is 5.21. The summed E-state index contributed by atoms with van der Waals surface area (Å²) in [7, 11) is 0. The third-order valence-corrected chi connectivity index (χ3v) is 4.05. The Balaban J connectivity index is 1.84. The van der Waals surface area contributed by atoms with Crippen molar-refractivity contribution in [2.45, 2.75) is 52.4 Å². The summed E-state index contributed by atoms with van der Waals surface area (Å²) in [5.74, 6) is 1.00. The summed E-state index contributed by atoms with van der Waals surface area (Å²) in [6, 6.07) is 1.93. The molecule has 2 heterocycles. The molecule has 21 heavy (non-hydrogen) atoms. The second-order valence-corrected chi connectivity index (χ2v) is 7.06. The SMILES string of the molecule is CC(C)(C)CCC(=O)N1CCC(c2ccnc(N)n2)CC1. The molecular weight excluding hydrogens is 264 g/mol. The van der Waals surface area contributed by atoms with Crippen molar-refractivity contribution >= 4 is 11.9 Å². The number of carbonyl (C=O) groups excluding carboxylic acids is 1. The predicted octanol–water partition coefficient (Wildman–Crippen LogP) is 2.59. The van der Waals surface area contributed by atoms with E-state index in [4.69, 9.17) is 5.73 Å². The van der Waals surface area contributed by atoms with Gasteiger partial charge < -0.3 is 10.6 Å². The van der Waals surface area contributed by atoms with Crippen molar-refractivity contribution in [1.29, 1.82) is 0 Å². The molecule has 5 nitrogen and oxygen atoms in total. The molecule has 1 aliphatic heterocycles. The zero-order valence-corrected chi connectivity index (χ0v) is 13.3. The fourth-order valence-electron chi connectivity index (χ4n) is 2.68. The lowest BCUT2D eigenvalue weighted by molar-refractivity contribution is -0.132. The van der Waals surface area contributed by atoms with Gasteiger partial charge >= 0.3 is 0 Å². The highest BCUT2D eigenvalue weighted by atomic mass is 16.2. The topological polar surface area (TPSA) is 72.1 Å². The number of nitrogens with two attached hydrogens (primary N) is 1. The lowest BCUT2D eigenvalue weighted by Crippen LogP contribution is -2.38. The second kappa shape index (κ2) is 6.41. The molecule has 116 valence electrons. The van der Waals surface area contributed by atoms with Crippen LogP contribution in [0.25, 0.3) is 0 Å². The molecule has 0 spiro atoms. The summed E-state index contributed by atoms with van der Waals surface area (Å²) >= 11 is 0. The van der Waals surface area contributed by atoms with Crippen LogP contribution >= 0.6 is 0 Å². The van der Waals surface area contributed by atoms with E-state index in [1.54, 1.807) is 6.20 Å². The first kappa shape index (κ1) is 15.7. The third-order valence-electron chi connectivity index (χ3n) is 4.05. The normalized spacial score (nSPS) is 17.0. The Hall–Kier alpha value is -1.65. The van der Waals surface area contributed by atoms with Crippen molar-refractivity contribution in [1.82, 2.24) is 14.9 Å². The fourth-order valence-corrected chi connectivity index (χ4v) is 2.68. The van der Waals surface area contributed by atoms with Crippen molar-refractivity contribution < 1.29 is 4.79 Å². The van der Waals surface area contributed by atoms with E-state index in [0.29, 0.717) is 18.3 Å². The first-order valence-electron chi connectivity index (χ1n) is 7.71. The molecule has 0 aromatic carbocycles. The van der Waals surface area contributed by atoms with E-state index in [1.807, 2.05) is 11.0 Å². The van der Waals surface area contributed by atoms with Crippen LogP contribution in [-0.4, -0.2) is 33.9 Å². The van der Waals surface area contributed by atoms with Gasteiger partial charge in [0, 0.05) is 37.3 Å². The Kier molecular flexibility index (Phi) is 4.80. The summed E-state index contributed by atoms with van der Waals surface area (Å²) < 4.78 is 0. The average Bonchev–Trinajstić information content (AvgIpc) is 2.44. The fraction of sp³-hybridized carbons (Fsp3) is 0.688. The summed E-state index contributed by atoms with van der Waals surface area (Å²) in [5, 5.41) is 0. The molecule has 1 aliphatic rings. The third kappa shape index (κ3) is 4.69. The van der Waals surface area contributed by atoms with Gasteiger partial charge in [-0.2, -0.15) is 0 Å². The molecule has 2 N–H and O–H groups in total. The number of rotatable bonds is 3. The molecule has 1 aromatic rings. The molecule has 1 saturated heterocycles. The molecular formula is C16H26N4O. The molecule has 0 bridgehead atoms. The van der Waals surface area contributed by atoms with Crippen LogP contribution in [0.15, 0.2) is 12.3 Å². The van der Waals surface area contributed by atoms with Gasteiger partial charge in [-0.15, -0.1) is 0 Å². The summed E-state index contributed by atoms with van der Waals surface area (Å²) in [4.78, 5) is 22.4. The number of hydrogen-bond acceptors (Lipinski definition) is 4. The molecule has 0 radical (unpaired) electrons. The highest BCUT2D eigenvalue weighted by Crippen LogP contribution is 2.28. The molecule has 0 saturated carbocycles. The molecule has 1 aromatic heterocycles. The largest absolute Gasteiger partial charge is 0.368 e. The van der Waals surface area contributed by atoms with Crippen LogP contribution in [0.3, 0.4) is 0 Å². The van der Waals surface area contributed by atoms with Gasteiger partial charge in [-0.1, -0.05) is 20.8 Å². The van der Waals surface area contributed by atoms with Gasteiger partial charge in [0.1, 0.15) is 0 Å². The molecule has 5 heteroatoms. The van der Waals surface area contributed by atoms with E-state index < -0.39 is 0 Å². The van der Waals surface area contributed by atoms with Gasteiger partial charge in [0.05, 0.1) is 0 Å². The zero-order valence-electron chi connectivity index (χ0n) is 13.3. The van der Waals surface area contributed by atoms with E-state index in [0.717, 1.165) is 38.0 Å². The van der Waals surface area contributed by atoms with Crippen LogP contribution in [0, 0.1) is 5.41 Å². The van der Waals surface area contributed by atoms with Crippen LogP contribution < -0.4 is 5.73 Å². The average molecular weight is 290 g/mol. The smallest absolute Gasteiger partial charge is 0.222 e. The van der Waals surface area contributed by atoms with Crippen LogP contribution in [0.2, 0.25) is 0 Å². The van der Waals surface area contributed by atoms with Gasteiger partial charge in [0.2, 0.25) is 11.9 Å². The van der Waals surface area contributed by atoms with Crippen LogP contribution in [0.1, 0.15) is 58.1 Å². The van der Waals surface area contributed by atoms with Crippen molar-refractivity contribution in [2.24, 2.45) is 5.41 Å². The number of carbonyl (C=O) groups is 1. The Bertz CT molecular complexity index is 487. The van der Waals surface area contributed by atoms with Gasteiger partial charge in [0.15, 0.2) is 0 Å². The van der Waals surface area contributed by atoms with Crippen molar-refractivity contribution in [3.8, 4) is 0 Å². The Morgan fingerprint density at radius 2 is 2.05 bits per heavy atom. The minimum Gasteiger partial charge on any atom is -0.368 e. The van der Waals surface area contributed by atoms with E-state index in [-0.39, 0.29) is 11.3 Å². The number of amides is 1. The standard InChI is InChI=1S/C16H26N4O/c1-16(2,3)8-4-14(21)20-10-6-12(7-11-20)13-5-9-18-15(17)19-13/h5,9,12H,4,6-8,10-11H2,1-3H3,(H2,17,18,19). The van der Waals surface area contributed by atoms with Crippen molar-refractivity contribution in [2.75, 3.05) is 18.8 Å². The van der Waals surface area contributed by atoms with Crippen molar-refractivity contribution in [3.05, 3.63) is 18.0 Å². The molecule has 1 fully saturated rings. The summed E-state index contributed by atoms with van der Waals surface area (Å²) in [6.45, 7) is 8.15. The number of anilines is 1. The summed E-state index contributed by atoms with van der Waals surface area (Å²) in [5.41, 5.74) is 6.85. The zero-order chi connectivity index (χ0) is 15.5. The van der Waals surface area contributed by atoms with Gasteiger partial charge in [-0.05, 0) is 30.7 Å². The number of likely N-dealkylation sites (tertiary alicyclic amines) is 1. The van der Waals surface area contributed by atoms with Gasteiger partial charge in [0.25, 0.3) is 0 Å². The molecule has 0 atom stereocenters. The molecule has 0 aliphatic carbocycles. The quantitative estimate of drug-likeness (QED) is 0.928. The van der Waals surface area contributed by atoms with Crippen LogP contribution in [0.5, 0.6) is 0 Å². The number of hydrogen-bond donors (Lipinski definition) is 1. The molecule has 1 amide bonds. The van der Waals surface area contributed by atoms with Crippen LogP contribution in [0.4, 0.5) is 5.95 Å². The number of aromatic nitrogens is 2. The minimum atomic E-state index is 0.215. The lowest BCUT2D eigenvalue weighted by atomic mass is 9.89. The first-order chi connectivity index (χ1) is 9.85. The van der Waals surface area contributed by atoms with Gasteiger partial charge in [-0.25, -0.2) is 9.97 Å². The number of piperidine rings is 1. The van der Waals surface area contributed by atoms with Crippen molar-refractivity contribution in [3.63, 3.8) is 0 Å². The van der Waals surface area contributed by atoms with Crippen LogP contribution in [-0.2, 0) is 4.79 Å². The Morgan fingerprint density at radius 3 is 2.62 bits per heavy atom. The maximum absolute atomic E-state index is 12.2. The predicted molar refractivity (Wildman–Crippen MR) is 83.7 cm³/mol. The van der Waals surface area contributed by atoms with E-state index >= 15 is 0 Å². The Morgan fingerprint density at radius 1 is 1.38 bits per heavy atom. The monoisotopic (exact) mass is 290 g/mol. The van der Waals surface area contributed by atoms with E-state index in [9.17, 15) is 4.79 Å². The lowest BCUT2D eigenvalue weighted by Gasteiger charge is -2.32. The molecule has 0 unspecified atom stereocenters. The first-order valence-corrected chi connectivity index (χ1v) is 7.71. The maximum atomic E-state index is 12.2. The highest BCUT2D eigenvalue weighted by molar-refractivity contribution is 5.76. The second-order valence-electron chi connectivity index (χ2n) is 7.06. The van der Waals surface area contributed by atoms with E-state index in [2.05, 4.69) is 30.7 Å². The Labute approximate surface area is 127 Å².